The number of hydrogen-bond acceptors (Lipinski definition) is 4. The van der Waals surface area contributed by atoms with Crippen molar-refractivity contribution in [1.82, 2.24) is 20.7 Å². The fourth-order valence-corrected chi connectivity index (χ4v) is 3.78. The van der Waals surface area contributed by atoms with Crippen LogP contribution in [-0.2, 0) is 4.79 Å². The lowest BCUT2D eigenvalue weighted by Gasteiger charge is -2.36. The summed E-state index contributed by atoms with van der Waals surface area (Å²) in [4.78, 5) is 28.6. The van der Waals surface area contributed by atoms with Gasteiger partial charge in [0.15, 0.2) is 11.6 Å². The molecule has 0 aliphatic carbocycles. The summed E-state index contributed by atoms with van der Waals surface area (Å²) in [5.41, 5.74) is 7.48. The second-order valence-electron chi connectivity index (χ2n) is 7.29. The highest BCUT2D eigenvalue weighted by Gasteiger charge is 2.34. The summed E-state index contributed by atoms with van der Waals surface area (Å²) in [6, 6.07) is 12.8. The van der Waals surface area contributed by atoms with E-state index in [1.807, 2.05) is 30.3 Å². The van der Waals surface area contributed by atoms with Crippen LogP contribution >= 0.6 is 0 Å². The molecule has 0 bridgehead atoms. The topological polar surface area (TPSA) is 64.7 Å². The molecule has 2 unspecified atom stereocenters. The van der Waals surface area contributed by atoms with Gasteiger partial charge in [-0.05, 0) is 30.2 Å². The first-order valence-corrected chi connectivity index (χ1v) is 9.62. The minimum Gasteiger partial charge on any atom is -0.338 e. The predicted octanol–water partition coefficient (Wildman–Crippen LogP) is 1.86. The second kappa shape index (κ2) is 8.26. The van der Waals surface area contributed by atoms with Gasteiger partial charge in [0.25, 0.3) is 5.91 Å². The molecule has 2 fully saturated rings. The lowest BCUT2D eigenvalue weighted by Crippen LogP contribution is -2.54. The van der Waals surface area contributed by atoms with Crippen molar-refractivity contribution in [2.75, 3.05) is 26.2 Å². The van der Waals surface area contributed by atoms with Gasteiger partial charge in [-0.1, -0.05) is 30.3 Å². The molecular weight excluding hydrogens is 378 g/mol. The quantitative estimate of drug-likeness (QED) is 0.826. The van der Waals surface area contributed by atoms with Crippen LogP contribution in [-0.4, -0.2) is 53.8 Å². The summed E-state index contributed by atoms with van der Waals surface area (Å²) in [6.07, 6.45) is 0.650. The van der Waals surface area contributed by atoms with Crippen LogP contribution in [0.25, 0.3) is 0 Å². The first-order valence-electron chi connectivity index (χ1n) is 9.62. The Balaban J connectivity index is 1.32. The monoisotopic (exact) mass is 400 g/mol. The van der Waals surface area contributed by atoms with Crippen LogP contribution in [0.5, 0.6) is 0 Å². The molecule has 152 valence electrons. The Morgan fingerprint density at radius 3 is 2.24 bits per heavy atom. The number of carbonyl (C=O) groups excluding carboxylic acids is 2. The molecule has 2 aliphatic heterocycles. The van der Waals surface area contributed by atoms with Crippen molar-refractivity contribution in [1.29, 1.82) is 0 Å². The molecule has 0 saturated carbocycles. The van der Waals surface area contributed by atoms with Crippen LogP contribution in [0.3, 0.4) is 0 Å². The van der Waals surface area contributed by atoms with E-state index in [0.717, 1.165) is 17.7 Å². The molecule has 0 spiro atoms. The Kier molecular flexibility index (Phi) is 5.55. The molecule has 0 radical (unpaired) electrons. The number of hydrazine groups is 1. The number of piperazine rings is 1. The molecule has 8 heteroatoms. The molecule has 6 nitrogen and oxygen atoms in total. The van der Waals surface area contributed by atoms with Gasteiger partial charge in [-0.15, -0.1) is 0 Å². The molecule has 2 heterocycles. The Morgan fingerprint density at radius 1 is 0.862 bits per heavy atom. The Labute approximate surface area is 167 Å². The molecule has 2 aliphatic rings. The zero-order valence-electron chi connectivity index (χ0n) is 15.8. The molecule has 29 heavy (non-hydrogen) atoms. The lowest BCUT2D eigenvalue weighted by molar-refractivity contribution is -0.134. The number of hydrogen-bond donors (Lipinski definition) is 2. The number of benzene rings is 2. The molecule has 2 atom stereocenters. The fourth-order valence-electron chi connectivity index (χ4n) is 3.78. The van der Waals surface area contributed by atoms with Crippen molar-refractivity contribution in [3.63, 3.8) is 0 Å². The van der Waals surface area contributed by atoms with Crippen LogP contribution < -0.4 is 10.9 Å². The molecule has 2 aromatic carbocycles. The summed E-state index contributed by atoms with van der Waals surface area (Å²) >= 11 is 0. The Bertz CT molecular complexity index is 901. The standard InChI is InChI=1S/C21H22F2N4O2/c22-16-7-6-15(12-17(16)23)20(28)26-8-10-27(11-9-26)21(29)19-13-18(24-25-19)14-4-2-1-3-5-14/h1-7,12,18-19,24-25H,8-11,13H2. The van der Waals surface area contributed by atoms with Crippen molar-refractivity contribution in [2.24, 2.45) is 0 Å². The minimum atomic E-state index is -1.04. The zero-order valence-corrected chi connectivity index (χ0v) is 15.8. The van der Waals surface area contributed by atoms with Crippen molar-refractivity contribution >= 4 is 11.8 Å². The van der Waals surface area contributed by atoms with Crippen LogP contribution in [0, 0.1) is 11.6 Å². The minimum absolute atomic E-state index is 0.00384. The third kappa shape index (κ3) is 4.13. The van der Waals surface area contributed by atoms with E-state index < -0.39 is 11.6 Å². The van der Waals surface area contributed by atoms with Gasteiger partial charge in [-0.2, -0.15) is 0 Å². The van der Waals surface area contributed by atoms with Crippen LogP contribution in [0.1, 0.15) is 28.4 Å². The number of nitrogens with zero attached hydrogens (tertiary/aromatic N) is 2. The van der Waals surface area contributed by atoms with Gasteiger partial charge in [-0.25, -0.2) is 19.6 Å². The average molecular weight is 400 g/mol. The van der Waals surface area contributed by atoms with Crippen molar-refractivity contribution < 1.29 is 18.4 Å². The SMILES string of the molecule is O=C(c1ccc(F)c(F)c1)N1CCN(C(=O)C2CC(c3ccccc3)NN2)CC1. The first kappa shape index (κ1) is 19.5. The van der Waals surface area contributed by atoms with E-state index >= 15 is 0 Å². The molecule has 2 N–H and O–H groups in total. The maximum atomic E-state index is 13.4. The number of nitrogens with one attached hydrogen (secondary N) is 2. The molecule has 2 saturated heterocycles. The summed E-state index contributed by atoms with van der Waals surface area (Å²) in [7, 11) is 0. The molecule has 0 aromatic heterocycles. The summed E-state index contributed by atoms with van der Waals surface area (Å²) in [6.45, 7) is 1.52. The van der Waals surface area contributed by atoms with Gasteiger partial charge in [0, 0.05) is 37.8 Å². The zero-order chi connectivity index (χ0) is 20.4. The second-order valence-corrected chi connectivity index (χ2v) is 7.29. The summed E-state index contributed by atoms with van der Waals surface area (Å²) in [5.74, 6) is -2.39. The smallest absolute Gasteiger partial charge is 0.254 e. The van der Waals surface area contributed by atoms with E-state index in [0.29, 0.717) is 32.6 Å². The molecular formula is C21H22F2N4O2. The highest BCUT2D eigenvalue weighted by Crippen LogP contribution is 2.23. The number of amides is 2. The molecule has 2 amide bonds. The molecule has 4 rings (SSSR count). The van der Waals surface area contributed by atoms with Crippen molar-refractivity contribution in [3.05, 3.63) is 71.3 Å². The highest BCUT2D eigenvalue weighted by atomic mass is 19.2. The van der Waals surface area contributed by atoms with Crippen LogP contribution in [0.4, 0.5) is 8.78 Å². The number of carbonyl (C=O) groups is 2. The highest BCUT2D eigenvalue weighted by molar-refractivity contribution is 5.94. The van der Waals surface area contributed by atoms with Gasteiger partial charge in [0.1, 0.15) is 6.04 Å². The van der Waals surface area contributed by atoms with Crippen molar-refractivity contribution in [2.45, 2.75) is 18.5 Å². The fraction of sp³-hybridized carbons (Fsp3) is 0.333. The number of halogens is 2. The predicted molar refractivity (Wildman–Crippen MR) is 103 cm³/mol. The van der Waals surface area contributed by atoms with Gasteiger partial charge in [0.2, 0.25) is 5.91 Å². The number of rotatable bonds is 3. The Hall–Kier alpha value is -2.84. The van der Waals surface area contributed by atoms with Gasteiger partial charge in [0.05, 0.1) is 0 Å². The van der Waals surface area contributed by atoms with Crippen LogP contribution in [0.15, 0.2) is 48.5 Å². The first-order chi connectivity index (χ1) is 14.0. The van der Waals surface area contributed by atoms with E-state index in [-0.39, 0.29) is 29.5 Å². The maximum Gasteiger partial charge on any atom is 0.254 e. The third-order valence-corrected chi connectivity index (χ3v) is 5.45. The average Bonchev–Trinajstić information content (AvgIpc) is 3.26. The summed E-state index contributed by atoms with van der Waals surface area (Å²) < 4.78 is 26.5. The van der Waals surface area contributed by atoms with Gasteiger partial charge >= 0.3 is 0 Å². The van der Waals surface area contributed by atoms with Crippen molar-refractivity contribution in [3.8, 4) is 0 Å². The third-order valence-electron chi connectivity index (χ3n) is 5.45. The van der Waals surface area contributed by atoms with Crippen LogP contribution in [0.2, 0.25) is 0 Å². The molecule has 2 aromatic rings. The van der Waals surface area contributed by atoms with Gasteiger partial charge in [-0.3, -0.25) is 9.59 Å². The largest absolute Gasteiger partial charge is 0.338 e. The van der Waals surface area contributed by atoms with Gasteiger partial charge < -0.3 is 9.80 Å². The van der Waals surface area contributed by atoms with E-state index in [9.17, 15) is 18.4 Å². The maximum absolute atomic E-state index is 13.4. The van der Waals surface area contributed by atoms with E-state index in [2.05, 4.69) is 10.9 Å². The van der Waals surface area contributed by atoms with E-state index in [1.165, 1.54) is 6.07 Å². The van der Waals surface area contributed by atoms with E-state index in [1.54, 1.807) is 9.80 Å². The lowest BCUT2D eigenvalue weighted by atomic mass is 10.0. The summed E-state index contributed by atoms with van der Waals surface area (Å²) in [5, 5.41) is 0. The Morgan fingerprint density at radius 2 is 1.55 bits per heavy atom. The van der Waals surface area contributed by atoms with E-state index in [4.69, 9.17) is 0 Å². The normalized spacial score (nSPS) is 22.0.